The Kier molecular flexibility index (Phi) is 6.86. The highest BCUT2D eigenvalue weighted by Crippen LogP contribution is 2.46. The van der Waals surface area contributed by atoms with E-state index in [1.54, 1.807) is 0 Å². The van der Waals surface area contributed by atoms with Crippen LogP contribution in [0.5, 0.6) is 0 Å². The largest absolute Gasteiger partial charge is 0.208 e. The topological polar surface area (TPSA) is 38.7 Å². The fraction of sp³-hybridized carbons (Fsp3) is 0. The van der Waals surface area contributed by atoms with Crippen molar-refractivity contribution in [2.75, 3.05) is 0 Å². The van der Waals surface area contributed by atoms with Crippen LogP contribution in [0.4, 0.5) is 0 Å². The van der Waals surface area contributed by atoms with E-state index in [2.05, 4.69) is 127 Å². The van der Waals surface area contributed by atoms with Gasteiger partial charge in [-0.25, -0.2) is 15.0 Å². The Morgan fingerprint density at radius 2 is 0.840 bits per heavy atom. The molecule has 0 fully saturated rings. The van der Waals surface area contributed by atoms with Gasteiger partial charge in [-0.05, 0) is 34.9 Å². The smallest absolute Gasteiger partial charge is 0.165 e. The Bertz CT molecular complexity index is 2810. The van der Waals surface area contributed by atoms with E-state index >= 15 is 0 Å². The standard InChI is InChI=1S/C45H27N3S2/c1-3-13-28(14-4-1)43-46-44(29-15-5-2-6-16-29)48-45(47-43)41-31(30-25-26-34-32-17-7-9-23-38(32)49-40(34)27-30)19-11-20-35(41)37-22-12-21-36-33-18-8-10-24-39(33)50-42(36)37/h1-27H. The second kappa shape index (κ2) is 11.8. The Balaban J connectivity index is 1.29. The van der Waals surface area contributed by atoms with Crippen molar-refractivity contribution in [2.45, 2.75) is 0 Å². The van der Waals surface area contributed by atoms with Crippen LogP contribution >= 0.6 is 22.7 Å². The predicted octanol–water partition coefficient (Wildman–Crippen LogP) is 12.9. The molecule has 7 aromatic carbocycles. The van der Waals surface area contributed by atoms with Crippen molar-refractivity contribution in [3.8, 4) is 56.4 Å². The molecule has 0 spiro atoms. The quantitative estimate of drug-likeness (QED) is 0.182. The maximum atomic E-state index is 5.28. The fourth-order valence-corrected chi connectivity index (χ4v) is 9.41. The highest BCUT2D eigenvalue weighted by atomic mass is 32.1. The van der Waals surface area contributed by atoms with E-state index in [0.29, 0.717) is 17.5 Å². The Labute approximate surface area is 296 Å². The highest BCUT2D eigenvalue weighted by Gasteiger charge is 2.22. The molecule has 3 aromatic heterocycles. The van der Waals surface area contributed by atoms with E-state index in [1.807, 2.05) is 59.1 Å². The molecular formula is C45H27N3S2. The van der Waals surface area contributed by atoms with Gasteiger partial charge in [-0.15, -0.1) is 22.7 Å². The summed E-state index contributed by atoms with van der Waals surface area (Å²) < 4.78 is 5.09. The lowest BCUT2D eigenvalue weighted by molar-refractivity contribution is 1.07. The van der Waals surface area contributed by atoms with E-state index in [1.165, 1.54) is 45.9 Å². The molecule has 0 bridgehead atoms. The molecule has 50 heavy (non-hydrogen) atoms. The number of hydrogen-bond donors (Lipinski definition) is 0. The number of nitrogens with zero attached hydrogens (tertiary/aromatic N) is 3. The summed E-state index contributed by atoms with van der Waals surface area (Å²) in [6, 6.07) is 57.9. The van der Waals surface area contributed by atoms with Gasteiger partial charge < -0.3 is 0 Å². The van der Waals surface area contributed by atoms with Crippen LogP contribution in [0.2, 0.25) is 0 Å². The number of thiophene rings is 2. The fourth-order valence-electron chi connectivity index (χ4n) is 7.03. The molecule has 0 atom stereocenters. The zero-order chi connectivity index (χ0) is 33.0. The molecule has 10 rings (SSSR count). The van der Waals surface area contributed by atoms with Gasteiger partial charge in [0.2, 0.25) is 0 Å². The molecule has 10 aromatic rings. The molecule has 5 heteroatoms. The molecule has 3 heterocycles. The van der Waals surface area contributed by atoms with Gasteiger partial charge in [-0.3, -0.25) is 0 Å². The van der Waals surface area contributed by atoms with Gasteiger partial charge in [0.15, 0.2) is 17.5 Å². The summed E-state index contributed by atoms with van der Waals surface area (Å²) in [6.07, 6.45) is 0. The van der Waals surface area contributed by atoms with Crippen molar-refractivity contribution in [2.24, 2.45) is 0 Å². The molecule has 0 N–H and O–H groups in total. The van der Waals surface area contributed by atoms with Gasteiger partial charge in [-0.2, -0.15) is 0 Å². The molecule has 234 valence electrons. The van der Waals surface area contributed by atoms with Crippen LogP contribution in [0.1, 0.15) is 0 Å². The van der Waals surface area contributed by atoms with Crippen LogP contribution in [0.3, 0.4) is 0 Å². The van der Waals surface area contributed by atoms with Gasteiger partial charge >= 0.3 is 0 Å². The van der Waals surface area contributed by atoms with E-state index in [0.717, 1.165) is 33.4 Å². The molecule has 3 nitrogen and oxygen atoms in total. The zero-order valence-corrected chi connectivity index (χ0v) is 28.4. The lowest BCUT2D eigenvalue weighted by Crippen LogP contribution is -2.02. The van der Waals surface area contributed by atoms with Crippen LogP contribution in [0.25, 0.3) is 96.8 Å². The van der Waals surface area contributed by atoms with Crippen molar-refractivity contribution in [1.29, 1.82) is 0 Å². The zero-order valence-electron chi connectivity index (χ0n) is 26.7. The monoisotopic (exact) mass is 673 g/mol. The van der Waals surface area contributed by atoms with Crippen molar-refractivity contribution < 1.29 is 0 Å². The average molecular weight is 674 g/mol. The Morgan fingerprint density at radius 3 is 1.56 bits per heavy atom. The van der Waals surface area contributed by atoms with Crippen LogP contribution in [-0.4, -0.2) is 15.0 Å². The highest BCUT2D eigenvalue weighted by molar-refractivity contribution is 7.26. The minimum Gasteiger partial charge on any atom is -0.208 e. The maximum absolute atomic E-state index is 5.28. The van der Waals surface area contributed by atoms with E-state index in [9.17, 15) is 0 Å². The molecule has 0 aliphatic rings. The van der Waals surface area contributed by atoms with Gasteiger partial charge in [0.25, 0.3) is 0 Å². The first kappa shape index (κ1) is 29.0. The summed E-state index contributed by atoms with van der Waals surface area (Å²) >= 11 is 3.68. The number of aromatic nitrogens is 3. The van der Waals surface area contributed by atoms with Gasteiger partial charge in [0.05, 0.1) is 0 Å². The van der Waals surface area contributed by atoms with Crippen LogP contribution in [0, 0.1) is 0 Å². The molecule has 0 radical (unpaired) electrons. The molecule has 0 amide bonds. The number of rotatable bonds is 5. The lowest BCUT2D eigenvalue weighted by Gasteiger charge is -2.17. The second-order valence-corrected chi connectivity index (χ2v) is 14.5. The van der Waals surface area contributed by atoms with Gasteiger partial charge in [0, 0.05) is 62.6 Å². The average Bonchev–Trinajstić information content (AvgIpc) is 3.76. The second-order valence-electron chi connectivity index (χ2n) is 12.4. The van der Waals surface area contributed by atoms with Crippen LogP contribution in [0.15, 0.2) is 164 Å². The van der Waals surface area contributed by atoms with Crippen molar-refractivity contribution >= 4 is 63.0 Å². The van der Waals surface area contributed by atoms with Crippen LogP contribution in [-0.2, 0) is 0 Å². The number of hydrogen-bond acceptors (Lipinski definition) is 5. The third kappa shape index (κ3) is 4.82. The third-order valence-corrected chi connectivity index (χ3v) is 11.7. The van der Waals surface area contributed by atoms with Crippen molar-refractivity contribution in [3.63, 3.8) is 0 Å². The third-order valence-electron chi connectivity index (χ3n) is 9.37. The SMILES string of the molecule is c1ccc(-c2nc(-c3ccccc3)nc(-c3c(-c4ccc5c(c4)sc4ccccc45)cccc3-c3cccc4c3sc3ccccc34)n2)cc1. The molecule has 0 aliphatic carbocycles. The van der Waals surface area contributed by atoms with E-state index < -0.39 is 0 Å². The lowest BCUT2D eigenvalue weighted by atomic mass is 9.90. The summed E-state index contributed by atoms with van der Waals surface area (Å²) in [4.78, 5) is 15.6. The summed E-state index contributed by atoms with van der Waals surface area (Å²) in [5, 5.41) is 5.11. The van der Waals surface area contributed by atoms with Crippen molar-refractivity contribution in [1.82, 2.24) is 15.0 Å². The first-order valence-corrected chi connectivity index (χ1v) is 18.2. The number of benzene rings is 7. The van der Waals surface area contributed by atoms with Gasteiger partial charge in [0.1, 0.15) is 0 Å². The summed E-state index contributed by atoms with van der Waals surface area (Å²) in [5.74, 6) is 1.95. The van der Waals surface area contributed by atoms with E-state index in [4.69, 9.17) is 15.0 Å². The molecule has 0 aliphatic heterocycles. The summed E-state index contributed by atoms with van der Waals surface area (Å²) in [7, 11) is 0. The Morgan fingerprint density at radius 1 is 0.320 bits per heavy atom. The molecule has 0 saturated carbocycles. The first-order valence-electron chi connectivity index (χ1n) is 16.6. The van der Waals surface area contributed by atoms with Gasteiger partial charge in [-0.1, -0.05) is 146 Å². The number of fused-ring (bicyclic) bond motifs is 6. The predicted molar refractivity (Wildman–Crippen MR) is 213 cm³/mol. The molecule has 0 saturated heterocycles. The maximum Gasteiger partial charge on any atom is 0.165 e. The van der Waals surface area contributed by atoms with Crippen molar-refractivity contribution in [3.05, 3.63) is 164 Å². The first-order chi connectivity index (χ1) is 24.8. The minimum atomic E-state index is 0.648. The molecule has 0 unspecified atom stereocenters. The summed E-state index contributed by atoms with van der Waals surface area (Å²) in [5.41, 5.74) is 7.38. The van der Waals surface area contributed by atoms with Crippen LogP contribution < -0.4 is 0 Å². The normalized spacial score (nSPS) is 11.6. The molecular weight excluding hydrogens is 647 g/mol. The minimum absolute atomic E-state index is 0.648. The summed E-state index contributed by atoms with van der Waals surface area (Å²) in [6.45, 7) is 0. The van der Waals surface area contributed by atoms with E-state index in [-0.39, 0.29) is 0 Å². The Hall–Kier alpha value is -6.01.